The summed E-state index contributed by atoms with van der Waals surface area (Å²) in [6.07, 6.45) is 1.04. The van der Waals surface area contributed by atoms with Crippen molar-refractivity contribution in [2.24, 2.45) is 32.9 Å². The number of amides is 6. The highest BCUT2D eigenvalue weighted by molar-refractivity contribution is 6.06. The molecule has 0 radical (unpaired) electrons. The van der Waals surface area contributed by atoms with E-state index < -0.39 is 54.0 Å². The molecular formula is C42H56N12O11. The lowest BCUT2D eigenvalue weighted by Crippen LogP contribution is -2.44. The predicted molar refractivity (Wildman–Crippen MR) is 242 cm³/mol. The van der Waals surface area contributed by atoms with Crippen LogP contribution >= 0.6 is 0 Å². The number of carbonyl (C=O) groups excluding carboxylic acids is 6. The highest BCUT2D eigenvalue weighted by Gasteiger charge is 2.27. The molecule has 0 fully saturated rings. The minimum atomic E-state index is -1.42. The number of aliphatic imine (C=N–C) groups is 2. The fourth-order valence-electron chi connectivity index (χ4n) is 6.19. The number of benzene rings is 3. The summed E-state index contributed by atoms with van der Waals surface area (Å²) in [6.45, 7) is 2.31. The Bertz CT molecular complexity index is 2240. The van der Waals surface area contributed by atoms with Crippen LogP contribution in [0.15, 0.2) is 64.6 Å². The number of nitrogens with zero attached hydrogens (tertiary/aromatic N) is 2. The first-order valence-corrected chi connectivity index (χ1v) is 20.1. The fraction of sp³-hybridized carbons (Fsp3) is 0.357. The van der Waals surface area contributed by atoms with Crippen LogP contribution in [0.3, 0.4) is 0 Å². The summed E-state index contributed by atoms with van der Waals surface area (Å²) >= 11 is 0. The van der Waals surface area contributed by atoms with Gasteiger partial charge in [0.15, 0.2) is 11.9 Å². The molecule has 0 aliphatic rings. The van der Waals surface area contributed by atoms with E-state index in [1.54, 1.807) is 6.92 Å². The van der Waals surface area contributed by atoms with E-state index in [0.29, 0.717) is 31.5 Å². The first-order valence-electron chi connectivity index (χ1n) is 20.1. The van der Waals surface area contributed by atoms with Gasteiger partial charge in [-0.05, 0) is 93.6 Å². The van der Waals surface area contributed by atoms with Crippen LogP contribution in [0.25, 0.3) is 0 Å². The Balaban J connectivity index is 1.85. The zero-order valence-electron chi connectivity index (χ0n) is 36.4. The van der Waals surface area contributed by atoms with Crippen LogP contribution in [-0.2, 0) is 19.2 Å². The maximum absolute atomic E-state index is 13.9. The molecule has 6 amide bonds. The van der Waals surface area contributed by atoms with Crippen molar-refractivity contribution in [3.05, 3.63) is 71.3 Å². The van der Waals surface area contributed by atoms with E-state index in [-0.39, 0.29) is 89.1 Å². The van der Waals surface area contributed by atoms with Crippen LogP contribution in [-0.4, -0.2) is 111 Å². The molecule has 0 aromatic heterocycles. The van der Waals surface area contributed by atoms with Crippen molar-refractivity contribution in [1.29, 1.82) is 0 Å². The summed E-state index contributed by atoms with van der Waals surface area (Å²) in [4.78, 5) is 98.7. The standard InChI is InChI=1S/C42H56N12O11/c1-23(7-5-17-47-41(43)44)50-36(58)28-20-25(10-14-33(28)64-3)52-40(62)31(12-16-35(56)57)54-38(60)29-21-26(11-15-34(29)65-4)51-39(61)30(8-6-18-48-42(45)46)53-37(59)27-19-24(49-22-55)9-13-32(27)63-2/h9-11,13-15,19-23,30-31H,5-8,12,16-18H2,1-4H3,(H,49,55)(H,50,58)(H,51,61)(H,52,62)(H,53,59)(H,54,60)(H,56,57)(H4,43,44,47)(H4,45,46,48)/t23-,30?,31+/m1/s1. The second-order valence-electron chi connectivity index (χ2n) is 14.2. The number of anilines is 3. The minimum Gasteiger partial charge on any atom is -0.496 e. The molecule has 3 atom stereocenters. The van der Waals surface area contributed by atoms with E-state index in [1.165, 1.54) is 75.9 Å². The van der Waals surface area contributed by atoms with E-state index in [4.69, 9.17) is 37.1 Å². The van der Waals surface area contributed by atoms with Gasteiger partial charge in [-0.1, -0.05) is 0 Å². The van der Waals surface area contributed by atoms with Crippen molar-refractivity contribution >= 4 is 70.9 Å². The largest absolute Gasteiger partial charge is 0.496 e. The number of methoxy groups -OCH3 is 3. The van der Waals surface area contributed by atoms with E-state index in [9.17, 15) is 38.7 Å². The first-order chi connectivity index (χ1) is 31.0. The molecule has 0 saturated heterocycles. The van der Waals surface area contributed by atoms with E-state index in [2.05, 4.69) is 41.9 Å². The van der Waals surface area contributed by atoms with Crippen molar-refractivity contribution in [1.82, 2.24) is 16.0 Å². The molecular weight excluding hydrogens is 849 g/mol. The molecule has 3 aromatic rings. The van der Waals surface area contributed by atoms with Crippen LogP contribution in [0, 0.1) is 0 Å². The monoisotopic (exact) mass is 904 g/mol. The van der Waals surface area contributed by atoms with Crippen LogP contribution in [0.2, 0.25) is 0 Å². The normalized spacial score (nSPS) is 11.8. The molecule has 0 spiro atoms. The summed E-state index contributed by atoms with van der Waals surface area (Å²) in [5, 5.41) is 25.3. The topological polar surface area (TPSA) is 368 Å². The molecule has 3 rings (SSSR count). The van der Waals surface area contributed by atoms with Gasteiger partial charge in [0.2, 0.25) is 18.2 Å². The summed E-state index contributed by atoms with van der Waals surface area (Å²) in [5.41, 5.74) is 22.1. The Morgan fingerprint density at radius 3 is 1.43 bits per heavy atom. The minimum absolute atomic E-state index is 0.0160. The molecule has 65 heavy (non-hydrogen) atoms. The fourth-order valence-corrected chi connectivity index (χ4v) is 6.19. The third kappa shape index (κ3) is 16.6. The third-order valence-electron chi connectivity index (χ3n) is 9.40. The van der Waals surface area contributed by atoms with Crippen LogP contribution in [0.1, 0.15) is 76.5 Å². The van der Waals surface area contributed by atoms with Gasteiger partial charge in [0, 0.05) is 42.6 Å². The molecule has 23 nitrogen and oxygen atoms in total. The van der Waals surface area contributed by atoms with Crippen molar-refractivity contribution in [3.63, 3.8) is 0 Å². The van der Waals surface area contributed by atoms with E-state index >= 15 is 0 Å². The van der Waals surface area contributed by atoms with Gasteiger partial charge >= 0.3 is 5.97 Å². The average molecular weight is 905 g/mol. The number of nitrogens with one attached hydrogen (secondary N) is 6. The number of hydrogen-bond donors (Lipinski definition) is 11. The summed E-state index contributed by atoms with van der Waals surface area (Å²) in [5.74, 6) is -4.63. The van der Waals surface area contributed by atoms with Gasteiger partial charge in [-0.3, -0.25) is 43.5 Å². The quantitative estimate of drug-likeness (QED) is 0.0230. The van der Waals surface area contributed by atoms with Gasteiger partial charge in [0.25, 0.3) is 17.7 Å². The summed E-state index contributed by atoms with van der Waals surface area (Å²) < 4.78 is 16.1. The Labute approximate surface area is 374 Å². The maximum Gasteiger partial charge on any atom is 0.303 e. The lowest BCUT2D eigenvalue weighted by molar-refractivity contribution is -0.137. The SMILES string of the molecule is COc1ccc(NC=O)cc1C(=O)NC(CCCN=C(N)N)C(=O)Nc1ccc(OC)c(C(=O)N[C@@H](CCC(=O)O)C(=O)Nc2ccc(OC)c(C(=O)N[C@H](C)CCCN=C(N)N)c2)c1. The summed E-state index contributed by atoms with van der Waals surface area (Å²) in [7, 11) is 4.01. The molecule has 0 aliphatic carbocycles. The number of carbonyl (C=O) groups is 7. The molecule has 15 N–H and O–H groups in total. The first kappa shape index (κ1) is 51.2. The molecule has 0 bridgehead atoms. The van der Waals surface area contributed by atoms with Crippen LogP contribution in [0.5, 0.6) is 17.2 Å². The van der Waals surface area contributed by atoms with Gasteiger partial charge in [-0.25, -0.2) is 0 Å². The van der Waals surface area contributed by atoms with Gasteiger partial charge in [0.05, 0.1) is 38.0 Å². The highest BCUT2D eigenvalue weighted by atomic mass is 16.5. The Morgan fingerprint density at radius 1 is 0.615 bits per heavy atom. The smallest absolute Gasteiger partial charge is 0.303 e. The number of carboxylic acids is 1. The van der Waals surface area contributed by atoms with Crippen molar-refractivity contribution < 1.29 is 52.9 Å². The zero-order valence-corrected chi connectivity index (χ0v) is 36.4. The average Bonchev–Trinajstić information content (AvgIpc) is 3.27. The van der Waals surface area contributed by atoms with Crippen molar-refractivity contribution in [3.8, 4) is 17.2 Å². The van der Waals surface area contributed by atoms with E-state index in [0.717, 1.165) is 0 Å². The predicted octanol–water partition coefficient (Wildman–Crippen LogP) is 0.845. The Kier molecular flexibility index (Phi) is 20.3. The molecule has 0 saturated carbocycles. The molecule has 350 valence electrons. The van der Waals surface area contributed by atoms with Crippen LogP contribution in [0.4, 0.5) is 17.1 Å². The van der Waals surface area contributed by atoms with Gasteiger partial charge in [-0.15, -0.1) is 0 Å². The molecule has 0 heterocycles. The second kappa shape index (κ2) is 25.7. The zero-order chi connectivity index (χ0) is 48.1. The van der Waals surface area contributed by atoms with Crippen molar-refractivity contribution in [2.45, 2.75) is 63.6 Å². The Hall–Kier alpha value is -8.11. The second-order valence-corrected chi connectivity index (χ2v) is 14.2. The molecule has 0 aliphatic heterocycles. The molecule has 3 aromatic carbocycles. The number of nitrogens with two attached hydrogens (primary N) is 4. The number of ether oxygens (including phenoxy) is 3. The third-order valence-corrected chi connectivity index (χ3v) is 9.40. The highest BCUT2D eigenvalue weighted by Crippen LogP contribution is 2.26. The van der Waals surface area contributed by atoms with Crippen molar-refractivity contribution in [2.75, 3.05) is 50.4 Å². The number of carboxylic acid groups (broad SMARTS) is 1. The lowest BCUT2D eigenvalue weighted by Gasteiger charge is -2.21. The lowest BCUT2D eigenvalue weighted by atomic mass is 10.1. The number of aliphatic carboxylic acids is 1. The number of rotatable bonds is 26. The molecule has 1 unspecified atom stereocenters. The Morgan fingerprint density at radius 2 is 1.02 bits per heavy atom. The van der Waals surface area contributed by atoms with Gasteiger partial charge < -0.3 is 74.2 Å². The van der Waals surface area contributed by atoms with Crippen LogP contribution < -0.4 is 69.0 Å². The molecule has 23 heteroatoms. The summed E-state index contributed by atoms with van der Waals surface area (Å²) in [6, 6.07) is 9.84. The van der Waals surface area contributed by atoms with Gasteiger partial charge in [-0.2, -0.15) is 0 Å². The van der Waals surface area contributed by atoms with Gasteiger partial charge in [0.1, 0.15) is 29.3 Å². The number of hydrogen-bond acceptors (Lipinski definition) is 12. The maximum atomic E-state index is 13.9. The number of guanidine groups is 2. The van der Waals surface area contributed by atoms with E-state index in [1.807, 2.05) is 0 Å².